The minimum Gasteiger partial charge on any atom is -0.267 e. The lowest BCUT2D eigenvalue weighted by molar-refractivity contribution is -0.385. The second kappa shape index (κ2) is 6.45. The van der Waals surface area contributed by atoms with Gasteiger partial charge in [0.05, 0.1) is 22.1 Å². The summed E-state index contributed by atoms with van der Waals surface area (Å²) in [5.74, 6) is 0.468. The Morgan fingerprint density at radius 1 is 1.31 bits per heavy atom. The minimum absolute atomic E-state index is 0.0519. The van der Waals surface area contributed by atoms with Gasteiger partial charge < -0.3 is 0 Å². The molecule has 3 aromatic rings. The summed E-state index contributed by atoms with van der Waals surface area (Å²) in [6, 6.07) is 6.30. The smallest absolute Gasteiger partial charge is 0.267 e. The van der Waals surface area contributed by atoms with E-state index in [4.69, 9.17) is 0 Å². The fourth-order valence-corrected chi connectivity index (χ4v) is 4.61. The first-order chi connectivity index (χ1) is 12.6. The number of benzene rings is 1. The van der Waals surface area contributed by atoms with Crippen LogP contribution in [0.2, 0.25) is 0 Å². The van der Waals surface area contributed by atoms with E-state index in [-0.39, 0.29) is 11.2 Å². The number of hydrogen-bond donors (Lipinski definition) is 0. The van der Waals surface area contributed by atoms with E-state index in [1.165, 1.54) is 21.8 Å². The van der Waals surface area contributed by atoms with Crippen LogP contribution in [-0.4, -0.2) is 20.8 Å². The Bertz CT molecular complexity index is 1110. The second-order valence-electron chi connectivity index (χ2n) is 6.23. The lowest BCUT2D eigenvalue weighted by atomic mass is 9.97. The van der Waals surface area contributed by atoms with Crippen LogP contribution in [0.3, 0.4) is 0 Å². The van der Waals surface area contributed by atoms with Crippen molar-refractivity contribution in [2.75, 3.05) is 0 Å². The topological polar surface area (TPSA) is 90.4 Å². The highest BCUT2D eigenvalue weighted by molar-refractivity contribution is 7.18. The molecule has 0 aliphatic heterocycles. The van der Waals surface area contributed by atoms with E-state index < -0.39 is 4.92 Å². The Kier molecular flexibility index (Phi) is 4.12. The number of nitro groups is 1. The van der Waals surface area contributed by atoms with Crippen molar-refractivity contribution >= 4 is 33.5 Å². The molecule has 0 bridgehead atoms. The van der Waals surface area contributed by atoms with E-state index in [2.05, 4.69) is 10.1 Å². The Hall–Kier alpha value is -2.87. The third-order valence-electron chi connectivity index (χ3n) is 4.57. The van der Waals surface area contributed by atoms with Crippen molar-refractivity contribution in [1.29, 1.82) is 0 Å². The summed E-state index contributed by atoms with van der Waals surface area (Å²) in [6.07, 6.45) is 5.45. The zero-order chi connectivity index (χ0) is 18.3. The van der Waals surface area contributed by atoms with Crippen molar-refractivity contribution in [3.63, 3.8) is 0 Å². The van der Waals surface area contributed by atoms with Gasteiger partial charge in [0.15, 0.2) is 0 Å². The molecule has 132 valence electrons. The predicted octanol–water partition coefficient (Wildman–Crippen LogP) is 3.44. The largest absolute Gasteiger partial charge is 0.283 e. The highest BCUT2D eigenvalue weighted by Crippen LogP contribution is 2.33. The molecule has 0 atom stereocenters. The van der Waals surface area contributed by atoms with E-state index in [0.29, 0.717) is 16.8 Å². The van der Waals surface area contributed by atoms with Crippen molar-refractivity contribution in [3.8, 4) is 0 Å². The molecule has 2 aromatic heterocycles. The van der Waals surface area contributed by atoms with E-state index in [1.54, 1.807) is 36.5 Å². The fourth-order valence-electron chi connectivity index (χ4n) is 3.32. The van der Waals surface area contributed by atoms with Gasteiger partial charge in [0.1, 0.15) is 10.7 Å². The van der Waals surface area contributed by atoms with Gasteiger partial charge in [-0.3, -0.25) is 14.9 Å². The van der Waals surface area contributed by atoms with E-state index in [0.717, 1.165) is 36.1 Å². The molecule has 0 unspecified atom stereocenters. The lowest BCUT2D eigenvalue weighted by Crippen LogP contribution is -2.21. The molecule has 0 N–H and O–H groups in total. The third-order valence-corrected chi connectivity index (χ3v) is 5.76. The van der Waals surface area contributed by atoms with Gasteiger partial charge in [0, 0.05) is 10.9 Å². The van der Waals surface area contributed by atoms with Gasteiger partial charge in [-0.2, -0.15) is 9.78 Å². The summed E-state index contributed by atoms with van der Waals surface area (Å²) in [5, 5.41) is 16.0. The number of fused-ring (bicyclic) bond motifs is 3. The van der Waals surface area contributed by atoms with Crippen molar-refractivity contribution in [3.05, 3.63) is 66.6 Å². The molecule has 1 aliphatic rings. The number of rotatable bonds is 3. The number of aromatic nitrogens is 2. The van der Waals surface area contributed by atoms with Gasteiger partial charge in [-0.25, -0.2) is 4.98 Å². The van der Waals surface area contributed by atoms with Gasteiger partial charge in [0.2, 0.25) is 0 Å². The van der Waals surface area contributed by atoms with Crippen molar-refractivity contribution < 1.29 is 4.92 Å². The Morgan fingerprint density at radius 3 is 2.88 bits per heavy atom. The van der Waals surface area contributed by atoms with Crippen LogP contribution in [0.25, 0.3) is 10.2 Å². The molecule has 0 fully saturated rings. The number of hydrogen-bond acceptors (Lipinski definition) is 6. The normalized spacial score (nSPS) is 14.0. The van der Waals surface area contributed by atoms with Crippen LogP contribution in [-0.2, 0) is 12.8 Å². The first kappa shape index (κ1) is 16.6. The van der Waals surface area contributed by atoms with E-state index >= 15 is 0 Å². The van der Waals surface area contributed by atoms with Gasteiger partial charge in [-0.05, 0) is 44.2 Å². The number of nitrogens with zero attached hydrogens (tertiary/aromatic N) is 4. The zero-order valence-corrected chi connectivity index (χ0v) is 15.0. The summed E-state index contributed by atoms with van der Waals surface area (Å²) in [6.45, 7) is 1.72. The number of aryl methyl sites for hydroxylation is 3. The fraction of sp³-hybridized carbons (Fsp3) is 0.278. The molecule has 0 amide bonds. The third kappa shape index (κ3) is 2.72. The van der Waals surface area contributed by atoms with Gasteiger partial charge in [0.25, 0.3) is 11.2 Å². The molecule has 0 radical (unpaired) electrons. The number of para-hydroxylation sites is 1. The van der Waals surface area contributed by atoms with Crippen LogP contribution < -0.4 is 5.56 Å². The summed E-state index contributed by atoms with van der Waals surface area (Å²) in [7, 11) is 0. The molecule has 7 nitrogen and oxygen atoms in total. The molecule has 1 aliphatic carbocycles. The molecule has 4 rings (SSSR count). The van der Waals surface area contributed by atoms with Crippen molar-refractivity contribution in [1.82, 2.24) is 9.66 Å². The Balaban J connectivity index is 1.85. The number of nitro benzene ring substituents is 1. The minimum atomic E-state index is -0.465. The first-order valence-corrected chi connectivity index (χ1v) is 9.19. The Labute approximate surface area is 152 Å². The standard InChI is InChI=1S/C18H16N4O3S/c1-11-20-17-16(13-7-3-5-9-15(13)26-17)18(23)21(11)19-10-12-6-2-4-8-14(12)22(24)25/h2,4,6,8,10H,3,5,7,9H2,1H3. The van der Waals surface area contributed by atoms with Gasteiger partial charge >= 0.3 is 0 Å². The van der Waals surface area contributed by atoms with Crippen LogP contribution in [0.1, 0.15) is 34.7 Å². The van der Waals surface area contributed by atoms with Crippen molar-refractivity contribution in [2.24, 2.45) is 5.10 Å². The van der Waals surface area contributed by atoms with Gasteiger partial charge in [-0.15, -0.1) is 11.3 Å². The SMILES string of the molecule is Cc1nc2sc3c(c2c(=O)n1N=Cc1ccccc1[N+](=O)[O-])CCCC3. The molecule has 0 spiro atoms. The molecule has 2 heterocycles. The van der Waals surface area contributed by atoms with Crippen LogP contribution in [0.15, 0.2) is 34.2 Å². The molecular weight excluding hydrogens is 352 g/mol. The quantitative estimate of drug-likeness (QED) is 0.402. The zero-order valence-electron chi connectivity index (χ0n) is 14.1. The van der Waals surface area contributed by atoms with Crippen LogP contribution in [0, 0.1) is 17.0 Å². The average Bonchev–Trinajstić information content (AvgIpc) is 2.99. The maximum absolute atomic E-state index is 13.0. The van der Waals surface area contributed by atoms with Crippen molar-refractivity contribution in [2.45, 2.75) is 32.6 Å². The summed E-state index contributed by atoms with van der Waals surface area (Å²) < 4.78 is 1.24. The molecule has 26 heavy (non-hydrogen) atoms. The predicted molar refractivity (Wildman–Crippen MR) is 101 cm³/mol. The Morgan fingerprint density at radius 2 is 2.08 bits per heavy atom. The summed E-state index contributed by atoms with van der Waals surface area (Å²) in [5.41, 5.74) is 1.19. The monoisotopic (exact) mass is 368 g/mol. The van der Waals surface area contributed by atoms with Crippen LogP contribution >= 0.6 is 11.3 Å². The summed E-state index contributed by atoms with van der Waals surface area (Å²) >= 11 is 1.59. The maximum Gasteiger partial charge on any atom is 0.283 e. The van der Waals surface area contributed by atoms with E-state index in [1.807, 2.05) is 0 Å². The molecular formula is C18H16N4O3S. The second-order valence-corrected chi connectivity index (χ2v) is 7.31. The number of thiophene rings is 1. The highest BCUT2D eigenvalue weighted by Gasteiger charge is 2.21. The van der Waals surface area contributed by atoms with Gasteiger partial charge in [-0.1, -0.05) is 12.1 Å². The molecule has 0 saturated heterocycles. The lowest BCUT2D eigenvalue weighted by Gasteiger charge is -2.10. The first-order valence-electron chi connectivity index (χ1n) is 8.38. The average molecular weight is 368 g/mol. The highest BCUT2D eigenvalue weighted by atomic mass is 32.1. The van der Waals surface area contributed by atoms with Crippen LogP contribution in [0.4, 0.5) is 5.69 Å². The summed E-state index contributed by atoms with van der Waals surface area (Å²) in [4.78, 5) is 30.2. The molecule has 1 aromatic carbocycles. The molecule has 0 saturated carbocycles. The molecule has 8 heteroatoms. The maximum atomic E-state index is 13.0. The van der Waals surface area contributed by atoms with Crippen LogP contribution in [0.5, 0.6) is 0 Å². The van der Waals surface area contributed by atoms with E-state index in [9.17, 15) is 14.9 Å².